The molecule has 106 valence electrons. The highest BCUT2D eigenvalue weighted by molar-refractivity contribution is 5.31. The highest BCUT2D eigenvalue weighted by Gasteiger charge is 2.48. The molecule has 0 saturated heterocycles. The highest BCUT2D eigenvalue weighted by atomic mass is 15.0. The molecule has 0 spiro atoms. The molecular weight excluding hydrogens is 230 g/mol. The zero-order valence-corrected chi connectivity index (χ0v) is 13.2. The number of hydrogen-bond acceptors (Lipinski definition) is 1. The molecule has 0 radical (unpaired) electrons. The van der Waals surface area contributed by atoms with E-state index in [1.165, 1.54) is 24.0 Å². The summed E-state index contributed by atoms with van der Waals surface area (Å²) in [6.45, 7) is 12.7. The van der Waals surface area contributed by atoms with Gasteiger partial charge in [-0.3, -0.25) is 0 Å². The smallest absolute Gasteiger partial charge is 0.0130 e. The van der Waals surface area contributed by atoms with Gasteiger partial charge in [-0.1, -0.05) is 58.9 Å². The van der Waals surface area contributed by atoms with Crippen molar-refractivity contribution in [3.8, 4) is 0 Å². The molecule has 0 bridgehead atoms. The third-order valence-corrected chi connectivity index (χ3v) is 4.91. The third-order valence-electron chi connectivity index (χ3n) is 4.91. The van der Waals surface area contributed by atoms with Crippen LogP contribution >= 0.6 is 0 Å². The maximum Gasteiger partial charge on any atom is 0.0130 e. The van der Waals surface area contributed by atoms with Crippen LogP contribution in [0.15, 0.2) is 24.3 Å². The highest BCUT2D eigenvalue weighted by Crippen LogP contribution is 2.52. The van der Waals surface area contributed by atoms with Gasteiger partial charge < -0.3 is 5.32 Å². The van der Waals surface area contributed by atoms with E-state index in [1.807, 2.05) is 0 Å². The second-order valence-electron chi connectivity index (χ2n) is 6.94. The number of rotatable bonds is 5. The van der Waals surface area contributed by atoms with Crippen molar-refractivity contribution in [3.05, 3.63) is 35.4 Å². The van der Waals surface area contributed by atoms with E-state index in [4.69, 9.17) is 0 Å². The fourth-order valence-corrected chi connectivity index (χ4v) is 3.27. The summed E-state index contributed by atoms with van der Waals surface area (Å²) >= 11 is 0. The van der Waals surface area contributed by atoms with Gasteiger partial charge in [0.25, 0.3) is 0 Å². The Kier molecular flexibility index (Phi) is 4.35. The normalized spacial score (nSPS) is 25.4. The molecule has 1 aromatic rings. The van der Waals surface area contributed by atoms with Crippen LogP contribution in [0, 0.1) is 5.41 Å². The summed E-state index contributed by atoms with van der Waals surface area (Å²) in [7, 11) is 0. The first-order valence-electron chi connectivity index (χ1n) is 7.80. The van der Waals surface area contributed by atoms with Crippen LogP contribution in [0.4, 0.5) is 0 Å². The van der Waals surface area contributed by atoms with Crippen LogP contribution in [0.25, 0.3) is 0 Å². The Labute approximate surface area is 118 Å². The van der Waals surface area contributed by atoms with Crippen molar-refractivity contribution in [2.45, 2.75) is 65.3 Å². The Morgan fingerprint density at radius 3 is 2.32 bits per heavy atom. The van der Waals surface area contributed by atoms with Crippen molar-refractivity contribution in [1.29, 1.82) is 0 Å². The Hall–Kier alpha value is -0.820. The molecule has 1 heteroatoms. The van der Waals surface area contributed by atoms with E-state index in [-0.39, 0.29) is 0 Å². The summed E-state index contributed by atoms with van der Waals surface area (Å²) in [4.78, 5) is 0. The summed E-state index contributed by atoms with van der Waals surface area (Å²) in [5, 5.41) is 3.69. The molecule has 1 fully saturated rings. The first kappa shape index (κ1) is 14.6. The van der Waals surface area contributed by atoms with Crippen LogP contribution in [0.1, 0.15) is 70.4 Å². The molecule has 1 nitrogen and oxygen atoms in total. The van der Waals surface area contributed by atoms with Crippen molar-refractivity contribution in [3.63, 3.8) is 0 Å². The SMILES string of the molecule is CCCNC1CC(c2ccc(C(C)C)cc2)C1(C)C. The average molecular weight is 259 g/mol. The minimum atomic E-state index is 0.383. The molecule has 1 aliphatic carbocycles. The van der Waals surface area contributed by atoms with Crippen LogP contribution < -0.4 is 5.32 Å². The zero-order chi connectivity index (χ0) is 14.0. The van der Waals surface area contributed by atoms with E-state index >= 15 is 0 Å². The molecule has 2 atom stereocenters. The van der Waals surface area contributed by atoms with Crippen LogP contribution in [-0.2, 0) is 0 Å². The molecule has 0 heterocycles. The molecular formula is C18H29N. The Morgan fingerprint density at radius 2 is 1.84 bits per heavy atom. The second-order valence-corrected chi connectivity index (χ2v) is 6.94. The molecule has 0 aliphatic heterocycles. The molecule has 1 saturated carbocycles. The van der Waals surface area contributed by atoms with Crippen molar-refractivity contribution in [2.24, 2.45) is 5.41 Å². The van der Waals surface area contributed by atoms with Crippen LogP contribution in [-0.4, -0.2) is 12.6 Å². The molecule has 1 N–H and O–H groups in total. The molecule has 19 heavy (non-hydrogen) atoms. The quantitative estimate of drug-likeness (QED) is 0.808. The first-order valence-corrected chi connectivity index (χ1v) is 7.80. The predicted molar refractivity (Wildman–Crippen MR) is 83.8 cm³/mol. The zero-order valence-electron chi connectivity index (χ0n) is 13.2. The van der Waals surface area contributed by atoms with E-state index < -0.39 is 0 Å². The van der Waals surface area contributed by atoms with E-state index in [1.54, 1.807) is 0 Å². The van der Waals surface area contributed by atoms with Crippen LogP contribution in [0.3, 0.4) is 0 Å². The van der Waals surface area contributed by atoms with E-state index in [9.17, 15) is 0 Å². The molecule has 2 rings (SSSR count). The molecule has 0 aromatic heterocycles. The summed E-state index contributed by atoms with van der Waals surface area (Å²) in [5.41, 5.74) is 3.35. The lowest BCUT2D eigenvalue weighted by Gasteiger charge is -2.53. The maximum atomic E-state index is 3.69. The van der Waals surface area contributed by atoms with E-state index in [0.29, 0.717) is 23.3 Å². The Balaban J connectivity index is 2.04. The summed E-state index contributed by atoms with van der Waals surface area (Å²) < 4.78 is 0. The fourth-order valence-electron chi connectivity index (χ4n) is 3.27. The second kappa shape index (κ2) is 5.66. The maximum absolute atomic E-state index is 3.69. The van der Waals surface area contributed by atoms with Gasteiger partial charge in [-0.25, -0.2) is 0 Å². The molecule has 0 amide bonds. The number of nitrogens with one attached hydrogen (secondary N) is 1. The third kappa shape index (κ3) is 2.86. The van der Waals surface area contributed by atoms with Gasteiger partial charge in [0.05, 0.1) is 0 Å². The van der Waals surface area contributed by atoms with Crippen LogP contribution in [0.2, 0.25) is 0 Å². The minimum absolute atomic E-state index is 0.383. The van der Waals surface area contributed by atoms with Crippen LogP contribution in [0.5, 0.6) is 0 Å². The van der Waals surface area contributed by atoms with E-state index in [2.05, 4.69) is 64.2 Å². The average Bonchev–Trinajstić information content (AvgIpc) is 2.38. The standard InChI is InChI=1S/C18H29N/c1-6-11-19-17-12-16(18(17,4)5)15-9-7-14(8-10-15)13(2)3/h7-10,13,16-17,19H,6,11-12H2,1-5H3. The predicted octanol–water partition coefficient (Wildman–Crippen LogP) is 4.69. The lowest BCUT2D eigenvalue weighted by Crippen LogP contribution is -2.55. The Bertz CT molecular complexity index is 402. The van der Waals surface area contributed by atoms with Gasteiger partial charge in [-0.05, 0) is 47.8 Å². The van der Waals surface area contributed by atoms with Gasteiger partial charge in [0.2, 0.25) is 0 Å². The lowest BCUT2D eigenvalue weighted by molar-refractivity contribution is 0.0695. The molecule has 1 aliphatic rings. The largest absolute Gasteiger partial charge is 0.313 e. The van der Waals surface area contributed by atoms with Crippen molar-refractivity contribution in [1.82, 2.24) is 5.32 Å². The topological polar surface area (TPSA) is 12.0 Å². The number of benzene rings is 1. The summed E-state index contributed by atoms with van der Waals surface area (Å²) in [5.74, 6) is 1.34. The lowest BCUT2D eigenvalue weighted by atomic mass is 9.56. The Morgan fingerprint density at radius 1 is 1.21 bits per heavy atom. The van der Waals surface area contributed by atoms with Crippen molar-refractivity contribution in [2.75, 3.05) is 6.54 Å². The van der Waals surface area contributed by atoms with Gasteiger partial charge in [0, 0.05) is 6.04 Å². The molecule has 2 unspecified atom stereocenters. The van der Waals surface area contributed by atoms with E-state index in [0.717, 1.165) is 6.54 Å². The van der Waals surface area contributed by atoms with Gasteiger partial charge in [-0.2, -0.15) is 0 Å². The van der Waals surface area contributed by atoms with Gasteiger partial charge in [0.1, 0.15) is 0 Å². The summed E-state index contributed by atoms with van der Waals surface area (Å²) in [6, 6.07) is 9.99. The number of hydrogen-bond donors (Lipinski definition) is 1. The molecule has 1 aromatic carbocycles. The fraction of sp³-hybridized carbons (Fsp3) is 0.667. The minimum Gasteiger partial charge on any atom is -0.313 e. The monoisotopic (exact) mass is 259 g/mol. The van der Waals surface area contributed by atoms with Gasteiger partial charge in [0.15, 0.2) is 0 Å². The van der Waals surface area contributed by atoms with Crippen molar-refractivity contribution < 1.29 is 0 Å². The summed E-state index contributed by atoms with van der Waals surface area (Å²) in [6.07, 6.45) is 2.51. The van der Waals surface area contributed by atoms with Gasteiger partial charge in [-0.15, -0.1) is 0 Å². The van der Waals surface area contributed by atoms with Crippen molar-refractivity contribution >= 4 is 0 Å². The van der Waals surface area contributed by atoms with Gasteiger partial charge >= 0.3 is 0 Å². The first-order chi connectivity index (χ1) is 8.96.